The van der Waals surface area contributed by atoms with Gasteiger partial charge in [0.05, 0.1) is 0 Å². The van der Waals surface area contributed by atoms with E-state index in [1.165, 1.54) is 0 Å². The second kappa shape index (κ2) is 6.33. The smallest absolute Gasteiger partial charge is 0.320 e. The summed E-state index contributed by atoms with van der Waals surface area (Å²) in [6.45, 7) is 0. The number of rotatable bonds is 5. The number of nitrogens with one attached hydrogen (secondary N) is 1. The van der Waals surface area contributed by atoms with E-state index < -0.39 is 23.8 Å². The summed E-state index contributed by atoms with van der Waals surface area (Å²) in [6.07, 6.45) is -0.132. The quantitative estimate of drug-likeness (QED) is 0.520. The molecule has 0 bridgehead atoms. The molecule has 0 radical (unpaired) electrons. The average Bonchev–Trinajstić information content (AvgIpc) is 2.13. The standard InChI is InChI=1S/C7H11ClN2O4/c8-3-6(12)10-5(11)2-1-4(9)7(13)14/h4H,1-3,9H2,(H,13,14)(H,10,11,12). The first kappa shape index (κ1) is 12.9. The predicted molar refractivity (Wildman–Crippen MR) is 48.7 cm³/mol. The van der Waals surface area contributed by atoms with Crippen molar-refractivity contribution in [3.63, 3.8) is 0 Å². The Morgan fingerprint density at radius 1 is 1.36 bits per heavy atom. The van der Waals surface area contributed by atoms with Crippen LogP contribution in [0.4, 0.5) is 0 Å². The number of carbonyl (C=O) groups is 3. The fourth-order valence-electron chi connectivity index (χ4n) is 0.661. The van der Waals surface area contributed by atoms with Crippen LogP contribution >= 0.6 is 11.6 Å². The van der Waals surface area contributed by atoms with Gasteiger partial charge in [0.25, 0.3) is 0 Å². The first-order chi connectivity index (χ1) is 6.47. The maximum Gasteiger partial charge on any atom is 0.320 e. The van der Waals surface area contributed by atoms with Crippen LogP contribution in [0.15, 0.2) is 0 Å². The normalized spacial score (nSPS) is 11.9. The van der Waals surface area contributed by atoms with E-state index in [-0.39, 0.29) is 18.7 Å². The van der Waals surface area contributed by atoms with E-state index in [4.69, 9.17) is 22.4 Å². The van der Waals surface area contributed by atoms with Crippen LogP contribution in [0, 0.1) is 0 Å². The largest absolute Gasteiger partial charge is 0.480 e. The number of carboxylic acid groups (broad SMARTS) is 1. The summed E-state index contributed by atoms with van der Waals surface area (Å²) in [5.41, 5.74) is 5.14. The molecular weight excluding hydrogens is 212 g/mol. The minimum Gasteiger partial charge on any atom is -0.480 e. The van der Waals surface area contributed by atoms with Gasteiger partial charge < -0.3 is 10.8 Å². The van der Waals surface area contributed by atoms with Crippen LogP contribution in [0.2, 0.25) is 0 Å². The van der Waals surface area contributed by atoms with Crippen LogP contribution in [0.1, 0.15) is 12.8 Å². The van der Waals surface area contributed by atoms with Crippen molar-refractivity contribution in [2.24, 2.45) is 5.73 Å². The molecule has 0 spiro atoms. The molecule has 7 heteroatoms. The summed E-state index contributed by atoms with van der Waals surface area (Å²) < 4.78 is 0. The van der Waals surface area contributed by atoms with E-state index in [1.54, 1.807) is 0 Å². The van der Waals surface area contributed by atoms with Crippen LogP contribution in [-0.2, 0) is 14.4 Å². The maximum atomic E-state index is 10.9. The third kappa shape index (κ3) is 5.50. The first-order valence-electron chi connectivity index (χ1n) is 3.84. The molecule has 6 nitrogen and oxygen atoms in total. The Kier molecular flexibility index (Phi) is 5.82. The highest BCUT2D eigenvalue weighted by Crippen LogP contribution is 1.94. The van der Waals surface area contributed by atoms with E-state index in [1.807, 2.05) is 5.32 Å². The monoisotopic (exact) mass is 222 g/mol. The van der Waals surface area contributed by atoms with Gasteiger partial charge in [-0.3, -0.25) is 19.7 Å². The molecule has 0 fully saturated rings. The Labute approximate surface area is 85.4 Å². The summed E-state index contributed by atoms with van der Waals surface area (Å²) in [4.78, 5) is 31.7. The first-order valence-corrected chi connectivity index (χ1v) is 4.38. The Balaban J connectivity index is 3.74. The van der Waals surface area contributed by atoms with E-state index in [0.29, 0.717) is 0 Å². The molecule has 0 aliphatic heterocycles. The second-order valence-electron chi connectivity index (χ2n) is 2.59. The van der Waals surface area contributed by atoms with Crippen molar-refractivity contribution in [3.8, 4) is 0 Å². The van der Waals surface area contributed by atoms with E-state index >= 15 is 0 Å². The molecule has 0 saturated heterocycles. The van der Waals surface area contributed by atoms with Gasteiger partial charge >= 0.3 is 5.97 Å². The van der Waals surface area contributed by atoms with Crippen LogP contribution in [0.25, 0.3) is 0 Å². The molecule has 0 aliphatic carbocycles. The van der Waals surface area contributed by atoms with Gasteiger partial charge in [0.15, 0.2) is 0 Å². The van der Waals surface area contributed by atoms with Crippen LogP contribution in [0.5, 0.6) is 0 Å². The number of amides is 2. The van der Waals surface area contributed by atoms with Crippen LogP contribution in [-0.4, -0.2) is 34.8 Å². The fourth-order valence-corrected chi connectivity index (χ4v) is 0.728. The SMILES string of the molecule is NC(CCC(=O)NC(=O)CCl)C(=O)O. The van der Waals surface area contributed by atoms with Gasteiger partial charge in [-0.05, 0) is 6.42 Å². The lowest BCUT2D eigenvalue weighted by molar-refractivity contribution is -0.138. The molecule has 1 unspecified atom stereocenters. The van der Waals surface area contributed by atoms with Crippen molar-refractivity contribution in [1.82, 2.24) is 5.32 Å². The molecule has 0 aliphatic rings. The predicted octanol–water partition coefficient (Wildman–Crippen LogP) is -0.940. The van der Waals surface area contributed by atoms with Gasteiger partial charge in [0.1, 0.15) is 11.9 Å². The zero-order valence-electron chi connectivity index (χ0n) is 7.33. The minimum absolute atomic E-state index is 0.0171. The summed E-state index contributed by atoms with van der Waals surface area (Å²) in [6, 6.07) is -1.09. The number of carboxylic acids is 1. The molecular formula is C7H11ClN2O4. The average molecular weight is 223 g/mol. The number of aliphatic carboxylic acids is 1. The molecule has 0 aromatic rings. The van der Waals surface area contributed by atoms with Crippen molar-refractivity contribution >= 4 is 29.4 Å². The summed E-state index contributed by atoms with van der Waals surface area (Å²) in [5, 5.41) is 10.3. The molecule has 0 rings (SSSR count). The summed E-state index contributed by atoms with van der Waals surface area (Å²) >= 11 is 5.13. The lowest BCUT2D eigenvalue weighted by Gasteiger charge is -2.05. The molecule has 2 amide bonds. The van der Waals surface area contributed by atoms with E-state index in [0.717, 1.165) is 0 Å². The summed E-state index contributed by atoms with van der Waals surface area (Å²) in [5.74, 6) is -2.68. The molecule has 4 N–H and O–H groups in total. The number of alkyl halides is 1. The van der Waals surface area contributed by atoms with Gasteiger partial charge in [-0.2, -0.15) is 0 Å². The number of hydrogen-bond donors (Lipinski definition) is 3. The van der Waals surface area contributed by atoms with Crippen molar-refractivity contribution in [1.29, 1.82) is 0 Å². The van der Waals surface area contributed by atoms with Gasteiger partial charge in [-0.25, -0.2) is 0 Å². The molecule has 0 aromatic carbocycles. The zero-order chi connectivity index (χ0) is 11.1. The highest BCUT2D eigenvalue weighted by Gasteiger charge is 2.14. The fraction of sp³-hybridized carbons (Fsp3) is 0.571. The molecule has 1 atom stereocenters. The summed E-state index contributed by atoms with van der Waals surface area (Å²) in [7, 11) is 0. The number of carbonyl (C=O) groups excluding carboxylic acids is 2. The zero-order valence-corrected chi connectivity index (χ0v) is 8.08. The van der Waals surface area contributed by atoms with Crippen LogP contribution < -0.4 is 11.1 Å². The van der Waals surface area contributed by atoms with Gasteiger partial charge in [0.2, 0.25) is 11.8 Å². The highest BCUT2D eigenvalue weighted by molar-refractivity contribution is 6.28. The van der Waals surface area contributed by atoms with Crippen LogP contribution in [0.3, 0.4) is 0 Å². The van der Waals surface area contributed by atoms with Gasteiger partial charge in [-0.15, -0.1) is 11.6 Å². The number of halogens is 1. The molecule has 0 heterocycles. The van der Waals surface area contributed by atoms with E-state index in [9.17, 15) is 14.4 Å². The lowest BCUT2D eigenvalue weighted by atomic mass is 10.1. The molecule has 0 saturated carbocycles. The topological polar surface area (TPSA) is 109 Å². The third-order valence-electron chi connectivity index (χ3n) is 1.40. The van der Waals surface area contributed by atoms with Crippen molar-refractivity contribution < 1.29 is 19.5 Å². The van der Waals surface area contributed by atoms with Gasteiger partial charge in [-0.1, -0.05) is 0 Å². The molecule has 80 valence electrons. The molecule has 14 heavy (non-hydrogen) atoms. The van der Waals surface area contributed by atoms with Crippen molar-refractivity contribution in [2.75, 3.05) is 5.88 Å². The van der Waals surface area contributed by atoms with E-state index in [2.05, 4.69) is 0 Å². The lowest BCUT2D eigenvalue weighted by Crippen LogP contribution is -2.35. The highest BCUT2D eigenvalue weighted by atomic mass is 35.5. The van der Waals surface area contributed by atoms with Crippen molar-refractivity contribution in [3.05, 3.63) is 0 Å². The number of imide groups is 1. The molecule has 0 aromatic heterocycles. The van der Waals surface area contributed by atoms with Crippen molar-refractivity contribution in [2.45, 2.75) is 18.9 Å². The second-order valence-corrected chi connectivity index (χ2v) is 2.86. The number of nitrogens with two attached hydrogens (primary N) is 1. The third-order valence-corrected chi connectivity index (χ3v) is 1.64. The Bertz CT molecular complexity index is 244. The Hall–Kier alpha value is -1.14. The Morgan fingerprint density at radius 2 is 1.93 bits per heavy atom. The maximum absolute atomic E-state index is 10.9. The minimum atomic E-state index is -1.18. The van der Waals surface area contributed by atoms with Gasteiger partial charge in [0, 0.05) is 6.42 Å². The Morgan fingerprint density at radius 3 is 2.36 bits per heavy atom. The number of hydrogen-bond acceptors (Lipinski definition) is 4.